The highest BCUT2D eigenvalue weighted by Gasteiger charge is 2.02. The van der Waals surface area contributed by atoms with Gasteiger partial charge in [-0.25, -0.2) is 9.97 Å². The van der Waals surface area contributed by atoms with Gasteiger partial charge >= 0.3 is 0 Å². The lowest BCUT2D eigenvalue weighted by Gasteiger charge is -2.09. The van der Waals surface area contributed by atoms with E-state index >= 15 is 0 Å². The number of nitrogens with zero attached hydrogens (tertiary/aromatic N) is 2. The number of hydrogen-bond donors (Lipinski definition) is 1. The Labute approximate surface area is 108 Å². The third-order valence-corrected chi connectivity index (χ3v) is 2.97. The van der Waals surface area contributed by atoms with Crippen LogP contribution in [0.15, 0.2) is 41.3 Å². The highest BCUT2D eigenvalue weighted by molar-refractivity contribution is 9.10. The van der Waals surface area contributed by atoms with Gasteiger partial charge in [0, 0.05) is 16.7 Å². The molecule has 0 saturated carbocycles. The zero-order valence-electron chi connectivity index (χ0n) is 9.35. The lowest BCUT2D eigenvalue weighted by Crippen LogP contribution is -2.02. The van der Waals surface area contributed by atoms with Gasteiger partial charge in [0.25, 0.3) is 0 Å². The van der Waals surface area contributed by atoms with E-state index in [1.165, 1.54) is 6.33 Å². The van der Waals surface area contributed by atoms with Crippen molar-refractivity contribution in [2.75, 3.05) is 12.4 Å². The fourth-order valence-corrected chi connectivity index (χ4v) is 1.76. The van der Waals surface area contributed by atoms with E-state index < -0.39 is 0 Å². The Morgan fingerprint density at radius 2 is 2.24 bits per heavy atom. The number of hydrogen-bond acceptors (Lipinski definition) is 4. The Morgan fingerprint density at radius 1 is 1.35 bits per heavy atom. The summed E-state index contributed by atoms with van der Waals surface area (Å²) in [6.45, 7) is 0.647. The van der Waals surface area contributed by atoms with E-state index in [1.54, 1.807) is 13.3 Å². The summed E-state index contributed by atoms with van der Waals surface area (Å²) in [5, 5.41) is 3.29. The van der Waals surface area contributed by atoms with Gasteiger partial charge in [-0.2, -0.15) is 0 Å². The molecule has 0 aliphatic heterocycles. The van der Waals surface area contributed by atoms with Crippen molar-refractivity contribution in [2.24, 2.45) is 0 Å². The van der Waals surface area contributed by atoms with Gasteiger partial charge in [-0.1, -0.05) is 0 Å². The Kier molecular flexibility index (Phi) is 3.93. The summed E-state index contributed by atoms with van der Waals surface area (Å²) in [6.07, 6.45) is 3.27. The molecule has 0 fully saturated rings. The number of methoxy groups -OCH3 is 1. The van der Waals surface area contributed by atoms with E-state index in [0.717, 1.165) is 21.6 Å². The Hall–Kier alpha value is -1.62. The van der Waals surface area contributed by atoms with Gasteiger partial charge in [-0.05, 0) is 34.1 Å². The van der Waals surface area contributed by atoms with Gasteiger partial charge in [-0.3, -0.25) is 0 Å². The molecular weight excluding hydrogens is 282 g/mol. The summed E-state index contributed by atoms with van der Waals surface area (Å²) < 4.78 is 6.17. The lowest BCUT2D eigenvalue weighted by molar-refractivity contribution is 0.415. The van der Waals surface area contributed by atoms with Crippen molar-refractivity contribution in [1.82, 2.24) is 9.97 Å². The molecule has 0 radical (unpaired) electrons. The maximum Gasteiger partial charge on any atom is 0.121 e. The smallest absolute Gasteiger partial charge is 0.121 e. The van der Waals surface area contributed by atoms with E-state index in [9.17, 15) is 0 Å². The molecule has 1 heterocycles. The Balaban J connectivity index is 2.08. The lowest BCUT2D eigenvalue weighted by atomic mass is 10.3. The van der Waals surface area contributed by atoms with Crippen LogP contribution in [-0.4, -0.2) is 17.1 Å². The number of nitrogens with one attached hydrogen (secondary N) is 1. The summed E-state index contributed by atoms with van der Waals surface area (Å²) in [4.78, 5) is 8.02. The fourth-order valence-electron chi connectivity index (χ4n) is 1.38. The molecule has 2 aromatic rings. The minimum atomic E-state index is 0.647. The molecular formula is C12H12BrN3O. The Bertz CT molecular complexity index is 490. The maximum atomic E-state index is 5.18. The monoisotopic (exact) mass is 293 g/mol. The van der Waals surface area contributed by atoms with E-state index in [2.05, 4.69) is 31.2 Å². The van der Waals surface area contributed by atoms with Crippen LogP contribution in [0.4, 0.5) is 5.69 Å². The molecule has 0 bridgehead atoms. The van der Waals surface area contributed by atoms with Crippen molar-refractivity contribution in [3.63, 3.8) is 0 Å². The molecule has 0 saturated heterocycles. The van der Waals surface area contributed by atoms with Crippen molar-refractivity contribution in [1.29, 1.82) is 0 Å². The van der Waals surface area contributed by atoms with Crippen LogP contribution in [0.25, 0.3) is 0 Å². The highest BCUT2D eigenvalue weighted by Crippen LogP contribution is 2.27. The fraction of sp³-hybridized carbons (Fsp3) is 0.167. The molecule has 88 valence electrons. The maximum absolute atomic E-state index is 5.18. The summed E-state index contributed by atoms with van der Waals surface area (Å²) in [5.74, 6) is 0.818. The summed E-state index contributed by atoms with van der Waals surface area (Å²) in [7, 11) is 1.65. The number of anilines is 1. The van der Waals surface area contributed by atoms with Crippen molar-refractivity contribution in [2.45, 2.75) is 6.54 Å². The molecule has 0 unspecified atom stereocenters. The van der Waals surface area contributed by atoms with Crippen LogP contribution in [-0.2, 0) is 6.54 Å². The van der Waals surface area contributed by atoms with Crippen LogP contribution >= 0.6 is 15.9 Å². The van der Waals surface area contributed by atoms with Crippen LogP contribution in [0, 0.1) is 0 Å². The van der Waals surface area contributed by atoms with Gasteiger partial charge in [0.15, 0.2) is 0 Å². The average Bonchev–Trinajstić information content (AvgIpc) is 2.39. The predicted octanol–water partition coefficient (Wildman–Crippen LogP) is 2.86. The highest BCUT2D eigenvalue weighted by atomic mass is 79.9. The van der Waals surface area contributed by atoms with Crippen molar-refractivity contribution < 1.29 is 4.74 Å². The van der Waals surface area contributed by atoms with Crippen LogP contribution in [0.5, 0.6) is 5.75 Å². The van der Waals surface area contributed by atoms with Crippen LogP contribution in [0.1, 0.15) is 5.69 Å². The summed E-state index contributed by atoms with van der Waals surface area (Å²) in [5.41, 5.74) is 1.91. The summed E-state index contributed by atoms with van der Waals surface area (Å²) in [6, 6.07) is 7.66. The molecule has 1 aromatic carbocycles. The normalized spacial score (nSPS) is 10.0. The molecule has 4 nitrogen and oxygen atoms in total. The summed E-state index contributed by atoms with van der Waals surface area (Å²) >= 11 is 3.48. The first-order chi connectivity index (χ1) is 8.29. The largest absolute Gasteiger partial charge is 0.497 e. The molecule has 5 heteroatoms. The second-order valence-electron chi connectivity index (χ2n) is 3.40. The molecule has 1 aromatic heterocycles. The number of rotatable bonds is 4. The molecule has 0 amide bonds. The van der Waals surface area contributed by atoms with E-state index in [-0.39, 0.29) is 0 Å². The molecule has 0 atom stereocenters. The minimum absolute atomic E-state index is 0.647. The van der Waals surface area contributed by atoms with Crippen LogP contribution in [0.2, 0.25) is 0 Å². The zero-order chi connectivity index (χ0) is 12.1. The average molecular weight is 294 g/mol. The SMILES string of the molecule is COc1ccc(Br)c(NCc2ccncn2)c1. The minimum Gasteiger partial charge on any atom is -0.497 e. The quantitative estimate of drug-likeness (QED) is 0.942. The van der Waals surface area contributed by atoms with Gasteiger partial charge in [0.05, 0.1) is 25.0 Å². The number of benzene rings is 1. The second kappa shape index (κ2) is 5.63. The Morgan fingerprint density at radius 3 is 2.94 bits per heavy atom. The van der Waals surface area contributed by atoms with Crippen molar-refractivity contribution in [3.8, 4) is 5.75 Å². The molecule has 1 N–H and O–H groups in total. The first kappa shape index (κ1) is 11.9. The molecule has 0 spiro atoms. The molecule has 17 heavy (non-hydrogen) atoms. The third kappa shape index (κ3) is 3.17. The van der Waals surface area contributed by atoms with Gasteiger partial charge in [0.2, 0.25) is 0 Å². The standard InChI is InChI=1S/C12H12BrN3O/c1-17-10-2-3-11(13)12(6-10)15-7-9-4-5-14-8-16-9/h2-6,8,15H,7H2,1H3. The first-order valence-electron chi connectivity index (χ1n) is 5.12. The third-order valence-electron chi connectivity index (χ3n) is 2.28. The van der Waals surface area contributed by atoms with Gasteiger partial charge in [-0.15, -0.1) is 0 Å². The second-order valence-corrected chi connectivity index (χ2v) is 4.25. The predicted molar refractivity (Wildman–Crippen MR) is 70.1 cm³/mol. The van der Waals surface area contributed by atoms with Crippen LogP contribution < -0.4 is 10.1 Å². The first-order valence-corrected chi connectivity index (χ1v) is 5.91. The van der Waals surface area contributed by atoms with E-state index in [1.807, 2.05) is 24.3 Å². The van der Waals surface area contributed by atoms with E-state index in [0.29, 0.717) is 6.54 Å². The van der Waals surface area contributed by atoms with Crippen LogP contribution in [0.3, 0.4) is 0 Å². The number of aromatic nitrogens is 2. The molecule has 0 aliphatic carbocycles. The number of halogens is 1. The molecule has 0 aliphatic rings. The number of ether oxygens (including phenoxy) is 1. The van der Waals surface area contributed by atoms with Crippen molar-refractivity contribution >= 4 is 21.6 Å². The zero-order valence-corrected chi connectivity index (χ0v) is 10.9. The van der Waals surface area contributed by atoms with E-state index in [4.69, 9.17) is 4.74 Å². The van der Waals surface area contributed by atoms with Crippen molar-refractivity contribution in [3.05, 3.63) is 47.0 Å². The van der Waals surface area contributed by atoms with Gasteiger partial charge in [0.1, 0.15) is 12.1 Å². The van der Waals surface area contributed by atoms with Gasteiger partial charge < -0.3 is 10.1 Å². The molecule has 2 rings (SSSR count). The topological polar surface area (TPSA) is 47.0 Å².